The van der Waals surface area contributed by atoms with Crippen LogP contribution in [0.25, 0.3) is 0 Å². The molecule has 0 saturated heterocycles. The van der Waals surface area contributed by atoms with Crippen LogP contribution in [0.15, 0.2) is 121 Å². The Bertz CT molecular complexity index is 1580. The molecule has 8 heteroatoms. The molecule has 0 heterocycles. The van der Waals surface area contributed by atoms with Crippen molar-refractivity contribution in [3.8, 4) is 11.5 Å². The Balaban J connectivity index is 1.63. The van der Waals surface area contributed by atoms with Crippen molar-refractivity contribution < 1.29 is 29.2 Å². The van der Waals surface area contributed by atoms with Crippen molar-refractivity contribution in [2.24, 2.45) is 0 Å². The molecule has 4 aromatic rings. The van der Waals surface area contributed by atoms with E-state index >= 15 is 0 Å². The molecule has 0 amide bonds. The molecule has 0 saturated carbocycles. The third-order valence-corrected chi connectivity index (χ3v) is 13.9. The van der Waals surface area contributed by atoms with Gasteiger partial charge in [0.2, 0.25) is 0 Å². The zero-order valence-electron chi connectivity index (χ0n) is 27.5. The lowest BCUT2D eigenvalue weighted by atomic mass is 10.1. The third-order valence-electron chi connectivity index (χ3n) is 8.09. The van der Waals surface area contributed by atoms with E-state index in [1.807, 2.05) is 65.1 Å². The van der Waals surface area contributed by atoms with E-state index in [1.165, 1.54) is 17.5 Å². The van der Waals surface area contributed by atoms with Crippen LogP contribution in [-0.2, 0) is 15.8 Å². The fourth-order valence-corrected chi connectivity index (χ4v) is 10.9. The van der Waals surface area contributed by atoms with Gasteiger partial charge in [-0.15, -0.1) is 5.73 Å². The maximum Gasteiger partial charge on any atom is 0.261 e. The van der Waals surface area contributed by atoms with E-state index in [-0.39, 0.29) is 30.4 Å². The number of benzene rings is 4. The van der Waals surface area contributed by atoms with Gasteiger partial charge >= 0.3 is 0 Å². The number of phenols is 1. The Hall–Kier alpha value is -3.21. The maximum atomic E-state index is 11.1. The first kappa shape index (κ1) is 36.6. The largest absolute Gasteiger partial charge is 0.504 e. The standard InChI is InChI=1S/C39H45IO6Si/c1-39(2,3)47(33-18-10-6-11-19-33,34-20-12-7-13-21-34)46-27-30(23-32(41)28-45-26-29-15-8-5-9-16-29)17-14-22-36(42)31-24-35(40)38(43)37(25-31)44-4/h5-16,18-21,24-25,32,36,41-43H,22-23,26-28H2,1-4H3/t17?,32-,36-/m1/s1. The zero-order valence-corrected chi connectivity index (χ0v) is 30.7. The topological polar surface area (TPSA) is 88.4 Å². The normalized spacial score (nSPS) is 13.0. The highest BCUT2D eigenvalue weighted by Gasteiger charge is 2.50. The number of aromatic hydroxyl groups is 1. The third kappa shape index (κ3) is 9.67. The lowest BCUT2D eigenvalue weighted by Gasteiger charge is -2.43. The van der Waals surface area contributed by atoms with Crippen LogP contribution in [0.5, 0.6) is 11.5 Å². The van der Waals surface area contributed by atoms with Crippen LogP contribution in [0.1, 0.15) is 50.8 Å². The molecule has 0 fully saturated rings. The molecular weight excluding hydrogens is 719 g/mol. The van der Waals surface area contributed by atoms with E-state index < -0.39 is 20.5 Å². The molecule has 6 nitrogen and oxygen atoms in total. The number of phenolic OH excluding ortho intramolecular Hbond substituents is 1. The smallest absolute Gasteiger partial charge is 0.261 e. The molecule has 4 aromatic carbocycles. The summed E-state index contributed by atoms with van der Waals surface area (Å²) in [5, 5.41) is 34.5. The number of rotatable bonds is 15. The van der Waals surface area contributed by atoms with Gasteiger partial charge in [-0.05, 0) is 72.9 Å². The molecule has 0 aliphatic rings. The van der Waals surface area contributed by atoms with Gasteiger partial charge in [0.05, 0.1) is 42.7 Å². The Labute approximate surface area is 293 Å². The van der Waals surface area contributed by atoms with Crippen LogP contribution < -0.4 is 15.1 Å². The number of halogens is 1. The van der Waals surface area contributed by atoms with Gasteiger partial charge < -0.3 is 29.2 Å². The van der Waals surface area contributed by atoms with Crippen LogP contribution in [0, 0.1) is 3.57 Å². The van der Waals surface area contributed by atoms with Crippen molar-refractivity contribution in [2.45, 2.75) is 57.5 Å². The number of ether oxygens (including phenoxy) is 2. The SMILES string of the molecule is COc1cc([C@H](O)CC=C=C(CO[Si](c2ccccc2)(c2ccccc2)C(C)(C)C)C[C@@H](O)COCc2ccccc2)cc(I)c1O. The van der Waals surface area contributed by atoms with E-state index in [0.29, 0.717) is 27.9 Å². The first-order valence-electron chi connectivity index (χ1n) is 15.8. The molecule has 3 N–H and O–H groups in total. The Kier molecular flexibility index (Phi) is 13.5. The Morgan fingerprint density at radius 2 is 1.47 bits per heavy atom. The Morgan fingerprint density at radius 1 is 0.894 bits per heavy atom. The van der Waals surface area contributed by atoms with E-state index in [2.05, 4.69) is 75.0 Å². The summed E-state index contributed by atoms with van der Waals surface area (Å²) in [6.45, 7) is 7.51. The number of hydrogen-bond donors (Lipinski definition) is 3. The van der Waals surface area contributed by atoms with E-state index in [0.717, 1.165) is 11.1 Å². The molecule has 0 radical (unpaired) electrons. The second-order valence-electron chi connectivity index (χ2n) is 12.6. The predicted octanol–water partition coefficient (Wildman–Crippen LogP) is 7.05. The molecule has 2 atom stereocenters. The van der Waals surface area contributed by atoms with Crippen LogP contribution >= 0.6 is 22.6 Å². The molecule has 0 aromatic heterocycles. The first-order valence-corrected chi connectivity index (χ1v) is 18.8. The van der Waals surface area contributed by atoms with Gasteiger partial charge in [0.1, 0.15) is 0 Å². The lowest BCUT2D eigenvalue weighted by molar-refractivity contribution is 0.0279. The van der Waals surface area contributed by atoms with Crippen LogP contribution in [0.2, 0.25) is 5.04 Å². The monoisotopic (exact) mass is 764 g/mol. The minimum absolute atomic E-state index is 0.0470. The van der Waals surface area contributed by atoms with Gasteiger partial charge in [-0.2, -0.15) is 0 Å². The second kappa shape index (κ2) is 17.3. The minimum Gasteiger partial charge on any atom is -0.504 e. The van der Waals surface area contributed by atoms with Crippen molar-refractivity contribution in [1.82, 2.24) is 0 Å². The molecule has 0 spiro atoms. The van der Waals surface area contributed by atoms with E-state index in [1.54, 1.807) is 18.2 Å². The molecule has 0 aliphatic heterocycles. The molecule has 4 rings (SSSR count). The predicted molar refractivity (Wildman–Crippen MR) is 199 cm³/mol. The molecular formula is C39H45IO6Si. The van der Waals surface area contributed by atoms with Crippen molar-refractivity contribution in [1.29, 1.82) is 0 Å². The van der Waals surface area contributed by atoms with Crippen LogP contribution in [0.3, 0.4) is 0 Å². The summed E-state index contributed by atoms with van der Waals surface area (Å²) in [4.78, 5) is 0. The quantitative estimate of drug-likeness (QED) is 0.0684. The molecule has 248 valence electrons. The van der Waals surface area contributed by atoms with E-state index in [9.17, 15) is 15.3 Å². The fraction of sp³-hybridized carbons (Fsp3) is 0.308. The van der Waals surface area contributed by atoms with Crippen LogP contribution in [-0.4, -0.2) is 50.1 Å². The van der Waals surface area contributed by atoms with Crippen molar-refractivity contribution in [2.75, 3.05) is 20.3 Å². The highest BCUT2D eigenvalue weighted by molar-refractivity contribution is 14.1. The fourth-order valence-electron chi connectivity index (χ4n) is 5.74. The summed E-state index contributed by atoms with van der Waals surface area (Å²) < 4.78 is 18.9. The van der Waals surface area contributed by atoms with Gasteiger partial charge in [0, 0.05) is 12.8 Å². The summed E-state index contributed by atoms with van der Waals surface area (Å²) >= 11 is 2.02. The highest BCUT2D eigenvalue weighted by atomic mass is 127. The van der Waals surface area contributed by atoms with Gasteiger partial charge in [-0.25, -0.2) is 0 Å². The molecule has 0 aliphatic carbocycles. The summed E-state index contributed by atoms with van der Waals surface area (Å²) in [6.07, 6.45) is 0.741. The summed E-state index contributed by atoms with van der Waals surface area (Å²) in [5.41, 5.74) is 5.82. The van der Waals surface area contributed by atoms with E-state index in [4.69, 9.17) is 13.9 Å². The number of aliphatic hydroxyl groups excluding tert-OH is 2. The molecule has 0 bridgehead atoms. The Morgan fingerprint density at radius 3 is 2.02 bits per heavy atom. The van der Waals surface area contributed by atoms with Crippen molar-refractivity contribution in [3.63, 3.8) is 0 Å². The van der Waals surface area contributed by atoms with Gasteiger partial charge in [0.15, 0.2) is 11.5 Å². The summed E-state index contributed by atoms with van der Waals surface area (Å²) in [5.74, 6) is 0.356. The van der Waals surface area contributed by atoms with Gasteiger partial charge in [0.25, 0.3) is 8.32 Å². The van der Waals surface area contributed by atoms with Crippen molar-refractivity contribution >= 4 is 41.3 Å². The number of hydrogen-bond acceptors (Lipinski definition) is 6. The highest BCUT2D eigenvalue weighted by Crippen LogP contribution is 2.37. The average molecular weight is 765 g/mol. The zero-order chi connectivity index (χ0) is 33.9. The van der Waals surface area contributed by atoms with Crippen molar-refractivity contribution in [3.05, 3.63) is 135 Å². The van der Waals surface area contributed by atoms with Crippen LogP contribution in [0.4, 0.5) is 0 Å². The van der Waals surface area contributed by atoms with Gasteiger partial charge in [-0.1, -0.05) is 112 Å². The van der Waals surface area contributed by atoms with Gasteiger partial charge in [-0.3, -0.25) is 0 Å². The lowest BCUT2D eigenvalue weighted by Crippen LogP contribution is -2.66. The second-order valence-corrected chi connectivity index (χ2v) is 18.0. The average Bonchev–Trinajstić information content (AvgIpc) is 3.06. The number of aliphatic hydroxyl groups is 2. The maximum absolute atomic E-state index is 11.1. The molecule has 47 heavy (non-hydrogen) atoms. The summed E-state index contributed by atoms with van der Waals surface area (Å²) in [7, 11) is -1.36. The summed E-state index contributed by atoms with van der Waals surface area (Å²) in [6, 6.07) is 34.1. The molecule has 0 unspecified atom stereocenters. The number of methoxy groups -OCH3 is 1. The minimum atomic E-state index is -2.84. The first-order chi connectivity index (χ1) is 22.5.